The van der Waals surface area contributed by atoms with E-state index in [4.69, 9.17) is 35.4 Å². The van der Waals surface area contributed by atoms with Crippen LogP contribution in [0.5, 0.6) is 0 Å². The van der Waals surface area contributed by atoms with E-state index in [9.17, 15) is 14.9 Å². The molecule has 0 unspecified atom stereocenters. The molecule has 0 saturated carbocycles. The predicted octanol–water partition coefficient (Wildman–Crippen LogP) is 5.14. The Kier molecular flexibility index (Phi) is 5.91. The number of hydrogen-bond acceptors (Lipinski definition) is 6. The summed E-state index contributed by atoms with van der Waals surface area (Å²) in [5.41, 5.74) is 1.09. The Balaban J connectivity index is 1.82. The van der Waals surface area contributed by atoms with E-state index in [1.165, 1.54) is 18.3 Å². The number of thiocarbonyl (C=S) groups is 1. The maximum atomic E-state index is 12.5. The molecule has 2 aromatic rings. The largest absolute Gasteiger partial charge is 0.286 e. The Morgan fingerprint density at radius 2 is 1.78 bits per heavy atom. The molecule has 6 nitrogen and oxygen atoms in total. The van der Waals surface area contributed by atoms with Gasteiger partial charge in [0.15, 0.2) is 4.32 Å². The third-order valence-electron chi connectivity index (χ3n) is 3.48. The van der Waals surface area contributed by atoms with Gasteiger partial charge < -0.3 is 0 Å². The summed E-state index contributed by atoms with van der Waals surface area (Å²) in [6.45, 7) is 0. The van der Waals surface area contributed by atoms with Gasteiger partial charge in [0.1, 0.15) is 0 Å². The van der Waals surface area contributed by atoms with Gasteiger partial charge in [0.05, 0.1) is 26.1 Å². The van der Waals surface area contributed by atoms with Gasteiger partial charge in [-0.15, -0.1) is 0 Å². The molecule has 0 aliphatic carbocycles. The number of thioether (sulfide) groups is 1. The van der Waals surface area contributed by atoms with E-state index < -0.39 is 10.8 Å². The molecule has 0 radical (unpaired) electrons. The average molecular weight is 438 g/mol. The van der Waals surface area contributed by atoms with E-state index >= 15 is 0 Å². The number of nitro benzene ring substituents is 1. The fraction of sp³-hybridized carbons (Fsp3) is 0. The third-order valence-corrected chi connectivity index (χ3v) is 5.42. The van der Waals surface area contributed by atoms with E-state index in [0.29, 0.717) is 26.1 Å². The van der Waals surface area contributed by atoms with Crippen molar-refractivity contribution in [1.29, 1.82) is 0 Å². The number of hydrogen-bond donors (Lipinski definition) is 0. The van der Waals surface area contributed by atoms with Gasteiger partial charge in [0, 0.05) is 17.7 Å². The van der Waals surface area contributed by atoms with E-state index in [1.54, 1.807) is 36.4 Å². The second-order valence-corrected chi connectivity index (χ2v) is 7.71. The van der Waals surface area contributed by atoms with E-state index in [1.807, 2.05) is 0 Å². The van der Waals surface area contributed by atoms with Crippen LogP contribution in [-0.4, -0.2) is 26.4 Å². The zero-order valence-corrected chi connectivity index (χ0v) is 16.5. The van der Waals surface area contributed by atoms with Crippen LogP contribution in [-0.2, 0) is 4.79 Å². The smallest absolute Gasteiger partial charge is 0.266 e. The number of nitrogens with zero attached hydrogens (tertiary/aromatic N) is 3. The van der Waals surface area contributed by atoms with Crippen LogP contribution in [0.25, 0.3) is 6.08 Å². The van der Waals surface area contributed by atoms with Crippen LogP contribution in [0.15, 0.2) is 52.5 Å². The average Bonchev–Trinajstić information content (AvgIpc) is 2.89. The number of halogens is 2. The number of benzene rings is 2. The lowest BCUT2D eigenvalue weighted by Crippen LogP contribution is -2.22. The molecule has 1 aliphatic heterocycles. The molecular weight excluding hydrogens is 429 g/mol. The molecule has 0 spiro atoms. The van der Waals surface area contributed by atoms with Crippen molar-refractivity contribution in [3.63, 3.8) is 0 Å². The molecule has 1 heterocycles. The lowest BCUT2D eigenvalue weighted by molar-refractivity contribution is -0.384. The number of amides is 1. The number of non-ortho nitro benzene ring substituents is 1. The molecule has 1 saturated heterocycles. The summed E-state index contributed by atoms with van der Waals surface area (Å²) in [6.07, 6.45) is 2.98. The van der Waals surface area contributed by atoms with Crippen LogP contribution in [0.4, 0.5) is 5.69 Å². The van der Waals surface area contributed by atoms with Crippen molar-refractivity contribution in [2.45, 2.75) is 0 Å². The van der Waals surface area contributed by atoms with Crippen molar-refractivity contribution >= 4 is 75.4 Å². The molecule has 0 atom stereocenters. The van der Waals surface area contributed by atoms with Crippen LogP contribution >= 0.6 is 47.2 Å². The first kappa shape index (κ1) is 19.5. The Labute approximate surface area is 173 Å². The van der Waals surface area contributed by atoms with Crippen molar-refractivity contribution in [2.24, 2.45) is 5.10 Å². The molecule has 0 bridgehead atoms. The molecule has 1 aliphatic rings. The van der Waals surface area contributed by atoms with Crippen LogP contribution in [0.3, 0.4) is 0 Å². The normalized spacial score (nSPS) is 15.9. The van der Waals surface area contributed by atoms with E-state index in [2.05, 4.69) is 5.10 Å². The second-order valence-electron chi connectivity index (χ2n) is 5.22. The number of nitro groups is 1. The lowest BCUT2D eigenvalue weighted by atomic mass is 10.2. The minimum atomic E-state index is -0.488. The maximum Gasteiger partial charge on any atom is 0.286 e. The zero-order valence-electron chi connectivity index (χ0n) is 13.3. The Morgan fingerprint density at radius 3 is 2.37 bits per heavy atom. The molecule has 136 valence electrons. The Bertz CT molecular complexity index is 987. The minimum absolute atomic E-state index is 0.0269. The van der Waals surface area contributed by atoms with Crippen LogP contribution in [0.1, 0.15) is 11.1 Å². The van der Waals surface area contributed by atoms with Gasteiger partial charge in [-0.2, -0.15) is 10.1 Å². The standard InChI is InChI=1S/C17H9Cl2N3O3S2/c18-13-2-1-3-14(19)12(13)9-20-21-16(23)15(27-17(21)26)8-10-4-6-11(7-5-10)22(24)25/h1-9H/b15-8+,20-9+. The van der Waals surface area contributed by atoms with Crippen LogP contribution < -0.4 is 0 Å². The first-order valence-electron chi connectivity index (χ1n) is 7.37. The van der Waals surface area contributed by atoms with Gasteiger partial charge >= 0.3 is 0 Å². The van der Waals surface area contributed by atoms with Gasteiger partial charge in [-0.1, -0.05) is 41.0 Å². The summed E-state index contributed by atoms with van der Waals surface area (Å²) >= 11 is 18.5. The van der Waals surface area contributed by atoms with Gasteiger partial charge in [0.25, 0.3) is 11.6 Å². The number of rotatable bonds is 4. The van der Waals surface area contributed by atoms with E-state index in [-0.39, 0.29) is 10.0 Å². The first-order valence-corrected chi connectivity index (χ1v) is 9.35. The highest BCUT2D eigenvalue weighted by Gasteiger charge is 2.32. The second kappa shape index (κ2) is 8.18. The molecule has 10 heteroatoms. The minimum Gasteiger partial charge on any atom is -0.266 e. The van der Waals surface area contributed by atoms with Gasteiger partial charge in [-0.25, -0.2) is 0 Å². The van der Waals surface area contributed by atoms with Crippen LogP contribution in [0.2, 0.25) is 10.0 Å². The predicted molar refractivity (Wildman–Crippen MR) is 112 cm³/mol. The fourth-order valence-corrected chi connectivity index (χ4v) is 3.82. The molecule has 2 aromatic carbocycles. The molecule has 27 heavy (non-hydrogen) atoms. The summed E-state index contributed by atoms with van der Waals surface area (Å²) in [6, 6.07) is 10.9. The molecule has 0 aromatic heterocycles. The Morgan fingerprint density at radius 1 is 1.15 bits per heavy atom. The molecular formula is C17H9Cl2N3O3S2. The number of carbonyl (C=O) groups is 1. The highest BCUT2D eigenvalue weighted by molar-refractivity contribution is 8.26. The highest BCUT2D eigenvalue weighted by Crippen LogP contribution is 2.33. The van der Waals surface area contributed by atoms with Gasteiger partial charge in [-0.05, 0) is 48.1 Å². The third kappa shape index (κ3) is 4.36. The number of hydrazone groups is 1. The SMILES string of the molecule is O=C1/C(=C\c2ccc([N+](=O)[O-])cc2)SC(=S)N1/N=C/c1c(Cl)cccc1Cl. The van der Waals surface area contributed by atoms with Crippen molar-refractivity contribution in [1.82, 2.24) is 5.01 Å². The summed E-state index contributed by atoms with van der Waals surface area (Å²) in [5.74, 6) is -0.400. The Hall–Kier alpha value is -2.26. The summed E-state index contributed by atoms with van der Waals surface area (Å²) in [4.78, 5) is 23.1. The van der Waals surface area contributed by atoms with Gasteiger partial charge in [0.2, 0.25) is 0 Å². The van der Waals surface area contributed by atoms with Crippen molar-refractivity contribution in [3.05, 3.63) is 78.7 Å². The topological polar surface area (TPSA) is 75.8 Å². The first-order chi connectivity index (χ1) is 12.9. The fourth-order valence-electron chi connectivity index (χ4n) is 2.15. The highest BCUT2D eigenvalue weighted by atomic mass is 35.5. The molecule has 1 fully saturated rings. The lowest BCUT2D eigenvalue weighted by Gasteiger charge is -2.07. The molecule has 3 rings (SSSR count). The molecule has 0 N–H and O–H groups in total. The summed E-state index contributed by atoms with van der Waals surface area (Å²) in [5, 5.41) is 16.7. The van der Waals surface area contributed by atoms with Crippen LogP contribution in [0, 0.1) is 10.1 Å². The van der Waals surface area contributed by atoms with E-state index in [0.717, 1.165) is 16.8 Å². The quantitative estimate of drug-likeness (QED) is 0.217. The van der Waals surface area contributed by atoms with Crippen molar-refractivity contribution < 1.29 is 9.72 Å². The van der Waals surface area contributed by atoms with Crippen molar-refractivity contribution in [2.75, 3.05) is 0 Å². The zero-order chi connectivity index (χ0) is 19.6. The summed E-state index contributed by atoms with van der Waals surface area (Å²) in [7, 11) is 0. The monoisotopic (exact) mass is 437 g/mol. The molecule has 1 amide bonds. The maximum absolute atomic E-state index is 12.5. The summed E-state index contributed by atoms with van der Waals surface area (Å²) < 4.78 is 0.257. The number of carbonyl (C=O) groups excluding carboxylic acids is 1. The van der Waals surface area contributed by atoms with Gasteiger partial charge in [-0.3, -0.25) is 14.9 Å². The van der Waals surface area contributed by atoms with Crippen molar-refractivity contribution in [3.8, 4) is 0 Å².